The molecule has 2 N–H and O–H groups in total. The molecule has 0 saturated heterocycles. The van der Waals surface area contributed by atoms with Gasteiger partial charge >= 0.3 is 5.97 Å². The second-order valence-electron chi connectivity index (χ2n) is 4.66. The number of fused-ring (bicyclic) bond motifs is 1. The molecule has 6 heteroatoms. The molecule has 2 aromatic carbocycles. The van der Waals surface area contributed by atoms with Gasteiger partial charge in [0.15, 0.2) is 5.82 Å². The molecule has 0 amide bonds. The van der Waals surface area contributed by atoms with E-state index in [1.807, 2.05) is 0 Å². The Morgan fingerprint density at radius 3 is 2.45 bits per heavy atom. The van der Waals surface area contributed by atoms with Gasteiger partial charge in [-0.15, -0.1) is 0 Å². The summed E-state index contributed by atoms with van der Waals surface area (Å²) in [6, 6.07) is 11.3. The molecule has 1 heterocycles. The van der Waals surface area contributed by atoms with Gasteiger partial charge in [-0.1, -0.05) is 41.9 Å². The fourth-order valence-corrected chi connectivity index (χ4v) is 2.50. The van der Waals surface area contributed by atoms with Crippen molar-refractivity contribution in [1.82, 2.24) is 4.98 Å². The van der Waals surface area contributed by atoms with Crippen molar-refractivity contribution in [1.29, 1.82) is 0 Å². The Kier molecular flexibility index (Phi) is 3.42. The number of aromatic amines is 1. The minimum atomic E-state index is -1.43. The summed E-state index contributed by atoms with van der Waals surface area (Å²) >= 11 is 5.67. The number of carbonyl (C=O) groups is 1. The number of benzene rings is 2. The standard InChI is InChI=1S/C16H9ClFNO3/c17-9-6-7-10-11(13(9)18)15(20)12(16(21)22)14(19-10)8-4-2-1-3-5-8/h1-7H,(H,19,20)(H,21,22). The van der Waals surface area contributed by atoms with Crippen LogP contribution < -0.4 is 5.43 Å². The molecule has 1 aromatic heterocycles. The van der Waals surface area contributed by atoms with Crippen molar-refractivity contribution < 1.29 is 14.3 Å². The van der Waals surface area contributed by atoms with E-state index in [0.717, 1.165) is 0 Å². The second-order valence-corrected chi connectivity index (χ2v) is 5.07. The summed E-state index contributed by atoms with van der Waals surface area (Å²) in [6.45, 7) is 0. The van der Waals surface area contributed by atoms with Gasteiger partial charge < -0.3 is 10.1 Å². The van der Waals surface area contributed by atoms with E-state index in [0.29, 0.717) is 5.56 Å². The molecule has 110 valence electrons. The third-order valence-corrected chi connectivity index (χ3v) is 3.63. The van der Waals surface area contributed by atoms with E-state index in [-0.39, 0.29) is 21.6 Å². The molecule has 0 aliphatic rings. The number of hydrogen-bond donors (Lipinski definition) is 2. The molecule has 22 heavy (non-hydrogen) atoms. The first-order valence-electron chi connectivity index (χ1n) is 6.33. The van der Waals surface area contributed by atoms with E-state index in [2.05, 4.69) is 4.98 Å². The minimum Gasteiger partial charge on any atom is -0.477 e. The number of pyridine rings is 1. The van der Waals surface area contributed by atoms with Crippen LogP contribution in [0.1, 0.15) is 10.4 Å². The molecule has 3 rings (SSSR count). The zero-order chi connectivity index (χ0) is 15.9. The van der Waals surface area contributed by atoms with Crippen LogP contribution in [-0.4, -0.2) is 16.1 Å². The van der Waals surface area contributed by atoms with E-state index in [4.69, 9.17) is 11.6 Å². The highest BCUT2D eigenvalue weighted by atomic mass is 35.5. The van der Waals surface area contributed by atoms with Crippen molar-refractivity contribution in [2.24, 2.45) is 0 Å². The zero-order valence-electron chi connectivity index (χ0n) is 11.1. The predicted octanol–water partition coefficient (Wildman–Crippen LogP) is 3.69. The first-order chi connectivity index (χ1) is 10.5. The number of rotatable bonds is 2. The molecule has 4 nitrogen and oxygen atoms in total. The number of aromatic carboxylic acids is 1. The summed E-state index contributed by atoms with van der Waals surface area (Å²) < 4.78 is 14.1. The first kappa shape index (κ1) is 14.3. The van der Waals surface area contributed by atoms with Crippen LogP contribution in [-0.2, 0) is 0 Å². The molecule has 0 saturated carbocycles. The van der Waals surface area contributed by atoms with Gasteiger partial charge in [0.05, 0.1) is 21.6 Å². The number of H-pyrrole nitrogens is 1. The molecule has 3 aromatic rings. The van der Waals surface area contributed by atoms with Gasteiger partial charge in [-0.2, -0.15) is 0 Å². The van der Waals surface area contributed by atoms with Crippen LogP contribution in [0.4, 0.5) is 4.39 Å². The minimum absolute atomic E-state index is 0.132. The number of halogens is 2. The molecule has 0 unspecified atom stereocenters. The molecule has 0 spiro atoms. The van der Waals surface area contributed by atoms with E-state index in [9.17, 15) is 19.1 Å². The number of carboxylic acid groups (broad SMARTS) is 1. The summed E-state index contributed by atoms with van der Waals surface area (Å²) in [5, 5.41) is 8.76. The van der Waals surface area contributed by atoms with Gasteiger partial charge in [0, 0.05) is 0 Å². The van der Waals surface area contributed by atoms with Crippen LogP contribution in [0.3, 0.4) is 0 Å². The highest BCUT2D eigenvalue weighted by molar-refractivity contribution is 6.31. The van der Waals surface area contributed by atoms with Crippen molar-refractivity contribution >= 4 is 28.5 Å². The fourth-order valence-electron chi connectivity index (χ4n) is 2.34. The Bertz CT molecular complexity index is 951. The van der Waals surface area contributed by atoms with Crippen molar-refractivity contribution in [2.45, 2.75) is 0 Å². The van der Waals surface area contributed by atoms with Crippen LogP contribution in [0.15, 0.2) is 47.3 Å². The average molecular weight is 318 g/mol. The molecule has 0 atom stereocenters. The highest BCUT2D eigenvalue weighted by Gasteiger charge is 2.22. The largest absolute Gasteiger partial charge is 0.477 e. The maximum atomic E-state index is 14.1. The average Bonchev–Trinajstić information content (AvgIpc) is 2.51. The third-order valence-electron chi connectivity index (χ3n) is 3.33. The third kappa shape index (κ3) is 2.16. The Balaban J connectivity index is 2.49. The summed E-state index contributed by atoms with van der Waals surface area (Å²) in [5.41, 5.74) is -0.572. The van der Waals surface area contributed by atoms with Crippen LogP contribution >= 0.6 is 11.6 Å². The molecule has 0 bridgehead atoms. The Morgan fingerprint density at radius 2 is 1.82 bits per heavy atom. The van der Waals surface area contributed by atoms with Crippen molar-refractivity contribution in [3.8, 4) is 11.3 Å². The summed E-state index contributed by atoms with van der Waals surface area (Å²) in [4.78, 5) is 26.7. The molecule has 0 aliphatic heterocycles. The van der Waals surface area contributed by atoms with Gasteiger partial charge in [-0.25, -0.2) is 9.18 Å². The summed E-state index contributed by atoms with van der Waals surface area (Å²) in [5.74, 6) is -2.36. The van der Waals surface area contributed by atoms with Crippen LogP contribution in [0.25, 0.3) is 22.2 Å². The zero-order valence-corrected chi connectivity index (χ0v) is 11.8. The van der Waals surface area contributed by atoms with Crippen LogP contribution in [0.5, 0.6) is 0 Å². The number of carboxylic acids is 1. The maximum Gasteiger partial charge on any atom is 0.341 e. The Morgan fingerprint density at radius 1 is 1.14 bits per heavy atom. The van der Waals surface area contributed by atoms with Gasteiger partial charge in [-0.3, -0.25) is 4.79 Å². The van der Waals surface area contributed by atoms with Gasteiger partial charge in [-0.05, 0) is 17.7 Å². The highest BCUT2D eigenvalue weighted by Crippen LogP contribution is 2.26. The Labute approximate surface area is 128 Å². The lowest BCUT2D eigenvalue weighted by Crippen LogP contribution is -2.19. The maximum absolute atomic E-state index is 14.1. The Hall–Kier alpha value is -2.66. The van der Waals surface area contributed by atoms with E-state index < -0.39 is 22.8 Å². The summed E-state index contributed by atoms with van der Waals surface area (Å²) in [6.07, 6.45) is 0. The quantitative estimate of drug-likeness (QED) is 0.757. The number of aromatic nitrogens is 1. The lowest BCUT2D eigenvalue weighted by Gasteiger charge is -2.10. The van der Waals surface area contributed by atoms with Crippen LogP contribution in [0, 0.1) is 5.82 Å². The number of hydrogen-bond acceptors (Lipinski definition) is 2. The van der Waals surface area contributed by atoms with Crippen molar-refractivity contribution in [3.63, 3.8) is 0 Å². The number of nitrogens with one attached hydrogen (secondary N) is 1. The molecule has 0 radical (unpaired) electrons. The van der Waals surface area contributed by atoms with E-state index in [1.54, 1.807) is 30.3 Å². The summed E-state index contributed by atoms with van der Waals surface area (Å²) in [7, 11) is 0. The van der Waals surface area contributed by atoms with Crippen molar-refractivity contribution in [3.05, 3.63) is 69.1 Å². The van der Waals surface area contributed by atoms with Gasteiger partial charge in [0.25, 0.3) is 0 Å². The smallest absolute Gasteiger partial charge is 0.341 e. The lowest BCUT2D eigenvalue weighted by molar-refractivity contribution is 0.0696. The van der Waals surface area contributed by atoms with E-state index >= 15 is 0 Å². The molecular weight excluding hydrogens is 309 g/mol. The molecular formula is C16H9ClFNO3. The molecule has 0 fully saturated rings. The predicted molar refractivity (Wildman–Crippen MR) is 81.9 cm³/mol. The van der Waals surface area contributed by atoms with E-state index in [1.165, 1.54) is 12.1 Å². The molecule has 0 aliphatic carbocycles. The van der Waals surface area contributed by atoms with Gasteiger partial charge in [0.1, 0.15) is 5.56 Å². The van der Waals surface area contributed by atoms with Gasteiger partial charge in [0.2, 0.25) is 5.43 Å². The lowest BCUT2D eigenvalue weighted by atomic mass is 10.0. The topological polar surface area (TPSA) is 70.2 Å². The monoisotopic (exact) mass is 317 g/mol. The van der Waals surface area contributed by atoms with Crippen molar-refractivity contribution in [2.75, 3.05) is 0 Å². The SMILES string of the molecule is O=C(O)c1c(-c2ccccc2)[nH]c2ccc(Cl)c(F)c2c1=O. The second kappa shape index (κ2) is 5.27. The normalized spacial score (nSPS) is 10.8. The first-order valence-corrected chi connectivity index (χ1v) is 6.71. The fraction of sp³-hybridized carbons (Fsp3) is 0. The van der Waals surface area contributed by atoms with Crippen LogP contribution in [0.2, 0.25) is 5.02 Å².